The van der Waals surface area contributed by atoms with Crippen molar-refractivity contribution >= 4 is 0 Å². The van der Waals surface area contributed by atoms with E-state index in [1.54, 1.807) is 11.6 Å². The quantitative estimate of drug-likeness (QED) is 0.536. The molecule has 0 aliphatic heterocycles. The molecular formula is C23H33F. The molecule has 1 aromatic carbocycles. The average molecular weight is 329 g/mol. The third-order valence-corrected chi connectivity index (χ3v) is 6.75. The lowest BCUT2D eigenvalue weighted by Gasteiger charge is -2.38. The number of hydrogen-bond acceptors (Lipinski definition) is 0. The Morgan fingerprint density at radius 3 is 2.00 bits per heavy atom. The minimum Gasteiger partial charge on any atom is -0.216 e. The third-order valence-electron chi connectivity index (χ3n) is 6.75. The molecule has 132 valence electrons. The van der Waals surface area contributed by atoms with E-state index in [0.717, 1.165) is 42.8 Å². The minimum absolute atomic E-state index is 0.723. The van der Waals surface area contributed by atoms with Gasteiger partial charge in [-0.15, -0.1) is 0 Å². The van der Waals surface area contributed by atoms with Gasteiger partial charge in [0.15, 0.2) is 0 Å². The molecule has 2 aliphatic carbocycles. The fraction of sp³-hybridized carbons (Fsp3) is 0.652. The summed E-state index contributed by atoms with van der Waals surface area (Å²) in [6.45, 7) is 2.23. The minimum atomic E-state index is 0.723. The van der Waals surface area contributed by atoms with Gasteiger partial charge in [-0.25, -0.2) is 4.39 Å². The SMILES string of the molecule is CCc1ccc(C2CCC(C3CCC(C/C=C/F)CC3)CC2)cc1. The molecule has 0 N–H and O–H groups in total. The third kappa shape index (κ3) is 4.49. The Morgan fingerprint density at radius 2 is 1.46 bits per heavy atom. The molecule has 0 radical (unpaired) electrons. The fourth-order valence-corrected chi connectivity index (χ4v) is 5.09. The first-order valence-corrected chi connectivity index (χ1v) is 10.1. The predicted molar refractivity (Wildman–Crippen MR) is 101 cm³/mol. The molecule has 1 aromatic rings. The van der Waals surface area contributed by atoms with Crippen LogP contribution in [0.4, 0.5) is 4.39 Å². The number of benzene rings is 1. The molecule has 0 atom stereocenters. The van der Waals surface area contributed by atoms with Gasteiger partial charge in [-0.2, -0.15) is 0 Å². The molecule has 2 fully saturated rings. The summed E-state index contributed by atoms with van der Waals surface area (Å²) in [7, 11) is 0. The lowest BCUT2D eigenvalue weighted by Crippen LogP contribution is -2.25. The van der Waals surface area contributed by atoms with Crippen LogP contribution in [0.2, 0.25) is 0 Å². The second-order valence-electron chi connectivity index (χ2n) is 8.09. The number of hydrogen-bond donors (Lipinski definition) is 0. The monoisotopic (exact) mass is 328 g/mol. The second-order valence-corrected chi connectivity index (χ2v) is 8.09. The van der Waals surface area contributed by atoms with Crippen molar-refractivity contribution < 1.29 is 4.39 Å². The van der Waals surface area contributed by atoms with Crippen LogP contribution in [-0.4, -0.2) is 0 Å². The van der Waals surface area contributed by atoms with E-state index in [4.69, 9.17) is 0 Å². The van der Waals surface area contributed by atoms with Gasteiger partial charge in [-0.3, -0.25) is 0 Å². The van der Waals surface area contributed by atoms with Crippen LogP contribution in [0.1, 0.15) is 81.8 Å². The van der Waals surface area contributed by atoms with Gasteiger partial charge >= 0.3 is 0 Å². The zero-order valence-corrected chi connectivity index (χ0v) is 15.2. The Labute approximate surface area is 147 Å². The van der Waals surface area contributed by atoms with E-state index in [2.05, 4.69) is 31.2 Å². The number of aryl methyl sites for hydroxylation is 1. The molecule has 2 saturated carbocycles. The lowest BCUT2D eigenvalue weighted by atomic mass is 9.68. The highest BCUT2D eigenvalue weighted by Crippen LogP contribution is 2.44. The summed E-state index contributed by atoms with van der Waals surface area (Å²) in [6.07, 6.45) is 15.5. The summed E-state index contributed by atoms with van der Waals surface area (Å²) in [4.78, 5) is 0. The summed E-state index contributed by atoms with van der Waals surface area (Å²) in [6, 6.07) is 9.37. The fourth-order valence-electron chi connectivity index (χ4n) is 5.09. The first-order chi connectivity index (χ1) is 11.8. The van der Waals surface area contributed by atoms with E-state index in [-0.39, 0.29) is 0 Å². The molecule has 0 unspecified atom stereocenters. The van der Waals surface area contributed by atoms with Crippen molar-refractivity contribution in [3.63, 3.8) is 0 Å². The molecule has 3 rings (SSSR count). The van der Waals surface area contributed by atoms with Crippen molar-refractivity contribution in [1.29, 1.82) is 0 Å². The second kappa shape index (κ2) is 8.83. The van der Waals surface area contributed by atoms with Crippen molar-refractivity contribution in [2.45, 2.75) is 77.0 Å². The Kier molecular flexibility index (Phi) is 6.51. The molecule has 24 heavy (non-hydrogen) atoms. The number of halogens is 1. The molecule has 0 amide bonds. The van der Waals surface area contributed by atoms with E-state index in [0.29, 0.717) is 0 Å². The first-order valence-electron chi connectivity index (χ1n) is 10.1. The van der Waals surface area contributed by atoms with Crippen molar-refractivity contribution in [2.24, 2.45) is 17.8 Å². The van der Waals surface area contributed by atoms with Gasteiger partial charge in [-0.1, -0.05) is 37.3 Å². The molecular weight excluding hydrogens is 295 g/mol. The predicted octanol–water partition coefficient (Wildman–Crippen LogP) is 7.20. The zero-order chi connectivity index (χ0) is 16.8. The smallest absolute Gasteiger partial charge is 0.0827 e. The van der Waals surface area contributed by atoms with Crippen LogP contribution in [-0.2, 0) is 6.42 Å². The molecule has 0 heterocycles. The standard InChI is InChI=1S/C23H33F/c1-2-18-5-9-20(10-6-18)22-13-15-23(16-14-22)21-11-7-19(8-12-21)4-3-17-24/h3,5-6,9-10,17,19,21-23H,2,4,7-8,11-16H2,1H3/b17-3+. The van der Waals surface area contributed by atoms with E-state index < -0.39 is 0 Å². The van der Waals surface area contributed by atoms with Gasteiger partial charge < -0.3 is 0 Å². The number of rotatable bonds is 5. The summed E-state index contributed by atoms with van der Waals surface area (Å²) in [5, 5.41) is 0. The molecule has 0 bridgehead atoms. The Hall–Kier alpha value is -1.11. The normalized spacial score (nSPS) is 31.4. The van der Waals surface area contributed by atoms with Crippen LogP contribution in [0.3, 0.4) is 0 Å². The Balaban J connectivity index is 1.45. The molecule has 0 aromatic heterocycles. The maximum absolute atomic E-state index is 12.2. The summed E-state index contributed by atoms with van der Waals surface area (Å²) >= 11 is 0. The molecule has 0 saturated heterocycles. The average Bonchev–Trinajstić information content (AvgIpc) is 2.67. The van der Waals surface area contributed by atoms with E-state index >= 15 is 0 Å². The first kappa shape index (κ1) is 17.7. The van der Waals surface area contributed by atoms with Crippen LogP contribution in [0.15, 0.2) is 36.7 Å². The van der Waals surface area contributed by atoms with Crippen molar-refractivity contribution in [3.05, 3.63) is 47.8 Å². The lowest BCUT2D eigenvalue weighted by molar-refractivity contribution is 0.160. The van der Waals surface area contributed by atoms with Crippen LogP contribution in [0.25, 0.3) is 0 Å². The Morgan fingerprint density at radius 1 is 0.875 bits per heavy atom. The summed E-state index contributed by atoms with van der Waals surface area (Å²) in [5.41, 5.74) is 3.01. The van der Waals surface area contributed by atoms with Crippen molar-refractivity contribution in [2.75, 3.05) is 0 Å². The van der Waals surface area contributed by atoms with Gasteiger partial charge in [0.2, 0.25) is 0 Å². The van der Waals surface area contributed by atoms with E-state index in [9.17, 15) is 4.39 Å². The van der Waals surface area contributed by atoms with Crippen molar-refractivity contribution in [3.8, 4) is 0 Å². The van der Waals surface area contributed by atoms with Gasteiger partial charge in [0, 0.05) is 0 Å². The highest BCUT2D eigenvalue weighted by molar-refractivity contribution is 5.25. The molecule has 2 aliphatic rings. The van der Waals surface area contributed by atoms with Crippen LogP contribution < -0.4 is 0 Å². The maximum Gasteiger partial charge on any atom is 0.0827 e. The largest absolute Gasteiger partial charge is 0.216 e. The maximum atomic E-state index is 12.2. The Bertz CT molecular complexity index is 499. The summed E-state index contributed by atoms with van der Waals surface area (Å²) in [5.74, 6) is 3.42. The molecule has 0 nitrogen and oxygen atoms in total. The van der Waals surface area contributed by atoms with Crippen molar-refractivity contribution in [1.82, 2.24) is 0 Å². The summed E-state index contributed by atoms with van der Waals surface area (Å²) < 4.78 is 12.2. The molecule has 0 spiro atoms. The number of allylic oxidation sites excluding steroid dienone is 1. The van der Waals surface area contributed by atoms with Gasteiger partial charge in [-0.05, 0) is 99.0 Å². The highest BCUT2D eigenvalue weighted by atomic mass is 19.1. The zero-order valence-electron chi connectivity index (χ0n) is 15.2. The van der Waals surface area contributed by atoms with Gasteiger partial charge in [0.05, 0.1) is 6.33 Å². The van der Waals surface area contributed by atoms with E-state index in [1.807, 2.05) is 0 Å². The van der Waals surface area contributed by atoms with Crippen LogP contribution in [0.5, 0.6) is 0 Å². The molecule has 1 heteroatoms. The van der Waals surface area contributed by atoms with E-state index in [1.165, 1.54) is 56.9 Å². The highest BCUT2D eigenvalue weighted by Gasteiger charge is 2.30. The topological polar surface area (TPSA) is 0 Å². The van der Waals surface area contributed by atoms with Gasteiger partial charge in [0.25, 0.3) is 0 Å². The van der Waals surface area contributed by atoms with Crippen LogP contribution in [0, 0.1) is 17.8 Å². The van der Waals surface area contributed by atoms with Gasteiger partial charge in [0.1, 0.15) is 0 Å². The van der Waals surface area contributed by atoms with Crippen LogP contribution >= 0.6 is 0 Å².